The fourth-order valence-corrected chi connectivity index (χ4v) is 3.81. The first kappa shape index (κ1) is 17.7. The Labute approximate surface area is 158 Å². The second-order valence-electron chi connectivity index (χ2n) is 7.65. The highest BCUT2D eigenvalue weighted by atomic mass is 19.1. The number of anilines is 1. The van der Waals surface area contributed by atoms with Crippen molar-refractivity contribution in [3.8, 4) is 0 Å². The molecule has 4 nitrogen and oxygen atoms in total. The number of hydrogen-bond donors (Lipinski definition) is 0. The Morgan fingerprint density at radius 3 is 2.67 bits per heavy atom. The van der Waals surface area contributed by atoms with Gasteiger partial charge in [-0.05, 0) is 36.6 Å². The quantitative estimate of drug-likeness (QED) is 0.655. The van der Waals surface area contributed by atoms with Gasteiger partial charge in [0.15, 0.2) is 0 Å². The lowest BCUT2D eigenvalue weighted by atomic mass is 10.1. The van der Waals surface area contributed by atoms with Crippen LogP contribution in [0.2, 0.25) is 0 Å². The number of para-hydroxylation sites is 3. The van der Waals surface area contributed by atoms with E-state index in [0.717, 1.165) is 29.8 Å². The summed E-state index contributed by atoms with van der Waals surface area (Å²) in [6.07, 6.45) is 1.41. The molecule has 1 amide bonds. The second-order valence-corrected chi connectivity index (χ2v) is 7.65. The molecule has 5 heteroatoms. The molecular weight excluding hydrogens is 341 g/mol. The van der Waals surface area contributed by atoms with Gasteiger partial charge < -0.3 is 9.47 Å². The molecule has 2 heterocycles. The van der Waals surface area contributed by atoms with Gasteiger partial charge in [-0.2, -0.15) is 0 Å². The number of fused-ring (bicyclic) bond motifs is 1. The molecule has 140 valence electrons. The third-order valence-electron chi connectivity index (χ3n) is 5.25. The summed E-state index contributed by atoms with van der Waals surface area (Å²) < 4.78 is 16.4. The number of halogens is 1. The van der Waals surface area contributed by atoms with Gasteiger partial charge in [0.1, 0.15) is 11.6 Å². The second kappa shape index (κ2) is 7.14. The molecule has 0 N–H and O–H groups in total. The van der Waals surface area contributed by atoms with Gasteiger partial charge in [-0.25, -0.2) is 9.37 Å². The van der Waals surface area contributed by atoms with E-state index in [9.17, 15) is 9.18 Å². The van der Waals surface area contributed by atoms with Crippen molar-refractivity contribution in [3.05, 3.63) is 60.2 Å². The van der Waals surface area contributed by atoms with E-state index >= 15 is 0 Å². The minimum Gasteiger partial charge on any atom is -0.328 e. The van der Waals surface area contributed by atoms with Crippen LogP contribution in [0.25, 0.3) is 11.0 Å². The summed E-state index contributed by atoms with van der Waals surface area (Å²) in [5, 5.41) is 0. The number of aromatic nitrogens is 2. The molecule has 3 aromatic rings. The number of nitrogens with zero attached hydrogens (tertiary/aromatic N) is 3. The molecule has 0 spiro atoms. The Balaban J connectivity index is 1.69. The number of imidazole rings is 1. The summed E-state index contributed by atoms with van der Waals surface area (Å²) >= 11 is 0. The highest BCUT2D eigenvalue weighted by Crippen LogP contribution is 2.34. The van der Waals surface area contributed by atoms with Crippen LogP contribution in [0, 0.1) is 11.7 Å². The third kappa shape index (κ3) is 3.34. The van der Waals surface area contributed by atoms with Gasteiger partial charge >= 0.3 is 0 Å². The Bertz CT molecular complexity index is 979. The van der Waals surface area contributed by atoms with Crippen LogP contribution in [0.5, 0.6) is 0 Å². The molecule has 1 fully saturated rings. The van der Waals surface area contributed by atoms with Crippen molar-refractivity contribution in [2.75, 3.05) is 11.4 Å². The van der Waals surface area contributed by atoms with Crippen molar-refractivity contribution < 1.29 is 9.18 Å². The number of carbonyl (C=O) groups excluding carboxylic acids is 1. The fourth-order valence-electron chi connectivity index (χ4n) is 3.81. The number of benzene rings is 2. The van der Waals surface area contributed by atoms with Gasteiger partial charge in [-0.15, -0.1) is 0 Å². The zero-order chi connectivity index (χ0) is 19.0. The number of rotatable bonds is 5. The Morgan fingerprint density at radius 1 is 1.15 bits per heavy atom. The van der Waals surface area contributed by atoms with Gasteiger partial charge in [-0.3, -0.25) is 4.79 Å². The predicted molar refractivity (Wildman–Crippen MR) is 105 cm³/mol. The van der Waals surface area contributed by atoms with E-state index in [-0.39, 0.29) is 17.6 Å². The number of hydrogen-bond acceptors (Lipinski definition) is 2. The maximum atomic E-state index is 14.2. The zero-order valence-corrected chi connectivity index (χ0v) is 15.7. The van der Waals surface area contributed by atoms with Gasteiger partial charge in [0.25, 0.3) is 0 Å². The van der Waals surface area contributed by atoms with Crippen molar-refractivity contribution >= 4 is 22.6 Å². The lowest BCUT2D eigenvalue weighted by molar-refractivity contribution is -0.117. The number of amides is 1. The highest BCUT2D eigenvalue weighted by Gasteiger charge is 2.35. The largest absolute Gasteiger partial charge is 0.328 e. The summed E-state index contributed by atoms with van der Waals surface area (Å²) in [6, 6.07) is 14.6. The third-order valence-corrected chi connectivity index (χ3v) is 5.25. The molecule has 1 aliphatic rings. The molecule has 0 radical (unpaired) electrons. The van der Waals surface area contributed by atoms with Crippen LogP contribution in [-0.2, 0) is 11.3 Å². The van der Waals surface area contributed by atoms with E-state index in [1.807, 2.05) is 18.2 Å². The molecule has 1 unspecified atom stereocenters. The van der Waals surface area contributed by atoms with Crippen molar-refractivity contribution in [1.82, 2.24) is 9.55 Å². The first-order chi connectivity index (χ1) is 13.0. The molecule has 1 atom stereocenters. The van der Waals surface area contributed by atoms with E-state index in [1.54, 1.807) is 23.1 Å². The topological polar surface area (TPSA) is 38.1 Å². The van der Waals surface area contributed by atoms with Gasteiger partial charge in [0.05, 0.1) is 16.7 Å². The predicted octanol–water partition coefficient (Wildman–Crippen LogP) is 4.74. The average Bonchev–Trinajstić information content (AvgIpc) is 3.21. The Kier molecular flexibility index (Phi) is 4.68. The summed E-state index contributed by atoms with van der Waals surface area (Å²) in [4.78, 5) is 19.0. The van der Waals surface area contributed by atoms with Gasteiger partial charge in [0, 0.05) is 25.4 Å². The summed E-state index contributed by atoms with van der Waals surface area (Å²) in [5.41, 5.74) is 2.41. The molecular formula is C22H24FN3O. The van der Waals surface area contributed by atoms with Crippen molar-refractivity contribution in [2.24, 2.45) is 5.92 Å². The molecule has 27 heavy (non-hydrogen) atoms. The Morgan fingerprint density at radius 2 is 1.89 bits per heavy atom. The van der Waals surface area contributed by atoms with E-state index in [4.69, 9.17) is 4.98 Å². The fraction of sp³-hybridized carbons (Fsp3) is 0.364. The van der Waals surface area contributed by atoms with Crippen LogP contribution >= 0.6 is 0 Å². The van der Waals surface area contributed by atoms with E-state index in [2.05, 4.69) is 24.5 Å². The normalized spacial score (nSPS) is 17.4. The summed E-state index contributed by atoms with van der Waals surface area (Å²) in [7, 11) is 0. The molecule has 1 aliphatic heterocycles. The molecule has 0 bridgehead atoms. The molecule has 1 saturated heterocycles. The summed E-state index contributed by atoms with van der Waals surface area (Å²) in [5.74, 6) is 1.08. The van der Waals surface area contributed by atoms with E-state index in [1.165, 1.54) is 6.07 Å². The summed E-state index contributed by atoms with van der Waals surface area (Å²) in [6.45, 7) is 5.75. The maximum absolute atomic E-state index is 14.2. The highest BCUT2D eigenvalue weighted by molar-refractivity contribution is 5.96. The minimum atomic E-state index is -0.361. The minimum absolute atomic E-state index is 0.0309. The van der Waals surface area contributed by atoms with Gasteiger partial charge in [-0.1, -0.05) is 38.1 Å². The first-order valence-corrected chi connectivity index (χ1v) is 9.54. The van der Waals surface area contributed by atoms with Crippen LogP contribution in [0.4, 0.5) is 10.1 Å². The molecule has 0 saturated carbocycles. The van der Waals surface area contributed by atoms with Crippen LogP contribution in [0.1, 0.15) is 38.4 Å². The SMILES string of the molecule is CC(C)CCn1c(C2CC(=O)N(c3ccccc3F)C2)nc2ccccc21. The van der Waals surface area contributed by atoms with Crippen LogP contribution in [0.3, 0.4) is 0 Å². The zero-order valence-electron chi connectivity index (χ0n) is 15.7. The van der Waals surface area contributed by atoms with Crippen LogP contribution in [0.15, 0.2) is 48.5 Å². The van der Waals surface area contributed by atoms with Crippen LogP contribution in [-0.4, -0.2) is 22.0 Å². The average molecular weight is 365 g/mol. The van der Waals surface area contributed by atoms with Crippen molar-refractivity contribution in [2.45, 2.75) is 39.2 Å². The number of aryl methyl sites for hydroxylation is 1. The lowest BCUT2D eigenvalue weighted by Gasteiger charge is -2.18. The molecule has 0 aliphatic carbocycles. The molecule has 1 aromatic heterocycles. The van der Waals surface area contributed by atoms with E-state index in [0.29, 0.717) is 24.6 Å². The maximum Gasteiger partial charge on any atom is 0.227 e. The Hall–Kier alpha value is -2.69. The smallest absolute Gasteiger partial charge is 0.227 e. The molecule has 2 aromatic carbocycles. The standard InChI is InChI=1S/C22H24FN3O/c1-15(2)11-12-25-20-10-6-4-8-18(20)24-22(25)16-13-21(27)26(14-16)19-9-5-3-7-17(19)23/h3-10,15-16H,11-14H2,1-2H3. The van der Waals surface area contributed by atoms with Gasteiger partial charge in [0.2, 0.25) is 5.91 Å². The molecule has 4 rings (SSSR count). The van der Waals surface area contributed by atoms with Crippen molar-refractivity contribution in [1.29, 1.82) is 0 Å². The monoisotopic (exact) mass is 365 g/mol. The van der Waals surface area contributed by atoms with E-state index < -0.39 is 0 Å². The van der Waals surface area contributed by atoms with Crippen molar-refractivity contribution in [3.63, 3.8) is 0 Å². The van der Waals surface area contributed by atoms with Crippen LogP contribution < -0.4 is 4.90 Å². The lowest BCUT2D eigenvalue weighted by Crippen LogP contribution is -2.25. The number of carbonyl (C=O) groups is 1. The first-order valence-electron chi connectivity index (χ1n) is 9.54.